The summed E-state index contributed by atoms with van der Waals surface area (Å²) in [5, 5.41) is 2.94. The lowest BCUT2D eigenvalue weighted by atomic mass is 10.3. The minimum atomic E-state index is -0.280. The van der Waals surface area contributed by atoms with Crippen LogP contribution in [0.3, 0.4) is 0 Å². The summed E-state index contributed by atoms with van der Waals surface area (Å²) in [6.45, 7) is 1.96. The average molecular weight is 185 g/mol. The van der Waals surface area contributed by atoms with Crippen molar-refractivity contribution >= 4 is 23.0 Å². The summed E-state index contributed by atoms with van der Waals surface area (Å²) in [5.74, 6) is -0.280. The largest absolute Gasteiger partial charge is 0.465 e. The van der Waals surface area contributed by atoms with Gasteiger partial charge in [0, 0.05) is 11.9 Å². The molecule has 0 saturated carbocycles. The van der Waals surface area contributed by atoms with Crippen molar-refractivity contribution in [2.24, 2.45) is 0 Å². The van der Waals surface area contributed by atoms with E-state index >= 15 is 0 Å². The standard InChI is InChI=1S/C8H11NO2S/c1-5-4-6(9-2)7(12-5)8(10)11-3/h4,9H,1-3H3. The summed E-state index contributed by atoms with van der Waals surface area (Å²) in [5.41, 5.74) is 0.837. The van der Waals surface area contributed by atoms with Gasteiger partial charge in [-0.2, -0.15) is 0 Å². The number of aryl methyl sites for hydroxylation is 1. The molecule has 0 aromatic carbocycles. The predicted molar refractivity (Wildman–Crippen MR) is 49.9 cm³/mol. The monoisotopic (exact) mass is 185 g/mol. The number of ether oxygens (including phenoxy) is 1. The van der Waals surface area contributed by atoms with Crippen LogP contribution < -0.4 is 5.32 Å². The van der Waals surface area contributed by atoms with Crippen LogP contribution in [0.15, 0.2) is 6.07 Å². The summed E-state index contributed by atoms with van der Waals surface area (Å²) in [6.07, 6.45) is 0. The van der Waals surface area contributed by atoms with Gasteiger partial charge in [-0.05, 0) is 13.0 Å². The molecule has 0 aliphatic carbocycles. The second-order valence-corrected chi connectivity index (χ2v) is 3.60. The average Bonchev–Trinajstić information content (AvgIpc) is 2.45. The molecule has 1 heterocycles. The first-order chi connectivity index (χ1) is 5.69. The molecule has 0 saturated heterocycles. The van der Waals surface area contributed by atoms with Crippen molar-refractivity contribution in [3.63, 3.8) is 0 Å². The van der Waals surface area contributed by atoms with E-state index in [4.69, 9.17) is 0 Å². The summed E-state index contributed by atoms with van der Waals surface area (Å²) in [4.78, 5) is 12.9. The number of hydrogen-bond acceptors (Lipinski definition) is 4. The number of rotatable bonds is 2. The molecule has 1 aromatic heterocycles. The van der Waals surface area contributed by atoms with E-state index in [-0.39, 0.29) is 5.97 Å². The van der Waals surface area contributed by atoms with Crippen LogP contribution in [-0.2, 0) is 4.74 Å². The molecule has 1 N–H and O–H groups in total. The van der Waals surface area contributed by atoms with Gasteiger partial charge in [0.2, 0.25) is 0 Å². The smallest absolute Gasteiger partial charge is 0.350 e. The van der Waals surface area contributed by atoms with Gasteiger partial charge in [-0.3, -0.25) is 0 Å². The summed E-state index contributed by atoms with van der Waals surface area (Å²) < 4.78 is 4.62. The molecule has 0 aliphatic heterocycles. The van der Waals surface area contributed by atoms with E-state index in [9.17, 15) is 4.79 Å². The lowest BCUT2D eigenvalue weighted by Gasteiger charge is -1.98. The number of methoxy groups -OCH3 is 1. The highest BCUT2D eigenvalue weighted by molar-refractivity contribution is 7.14. The van der Waals surface area contributed by atoms with Crippen molar-refractivity contribution in [2.75, 3.05) is 19.5 Å². The molecule has 3 nitrogen and oxygen atoms in total. The van der Waals surface area contributed by atoms with Crippen molar-refractivity contribution in [1.82, 2.24) is 0 Å². The zero-order chi connectivity index (χ0) is 9.14. The van der Waals surface area contributed by atoms with Crippen molar-refractivity contribution in [3.05, 3.63) is 15.8 Å². The Morgan fingerprint density at radius 2 is 2.33 bits per heavy atom. The molecular formula is C8H11NO2S. The van der Waals surface area contributed by atoms with Gasteiger partial charge >= 0.3 is 5.97 Å². The van der Waals surface area contributed by atoms with Crippen LogP contribution in [0.4, 0.5) is 5.69 Å². The van der Waals surface area contributed by atoms with E-state index in [0.717, 1.165) is 10.6 Å². The molecule has 0 aliphatic rings. The van der Waals surface area contributed by atoms with Crippen LogP contribution in [0.25, 0.3) is 0 Å². The van der Waals surface area contributed by atoms with Gasteiger partial charge in [0.25, 0.3) is 0 Å². The van der Waals surface area contributed by atoms with Gasteiger partial charge in [-0.15, -0.1) is 11.3 Å². The maximum Gasteiger partial charge on any atom is 0.350 e. The van der Waals surface area contributed by atoms with Crippen molar-refractivity contribution in [1.29, 1.82) is 0 Å². The van der Waals surface area contributed by atoms with Gasteiger partial charge in [-0.25, -0.2) is 4.79 Å². The van der Waals surface area contributed by atoms with Crippen LogP contribution >= 0.6 is 11.3 Å². The fourth-order valence-electron chi connectivity index (χ4n) is 0.944. The Bertz CT molecular complexity index is 293. The summed E-state index contributed by atoms with van der Waals surface area (Å²) in [6, 6.07) is 1.93. The second-order valence-electron chi connectivity index (χ2n) is 2.34. The Kier molecular flexibility index (Phi) is 2.70. The fourth-order valence-corrected chi connectivity index (χ4v) is 1.88. The molecule has 0 radical (unpaired) electrons. The number of esters is 1. The molecule has 0 amide bonds. The number of anilines is 1. The Morgan fingerprint density at radius 3 is 2.83 bits per heavy atom. The Hall–Kier alpha value is -1.03. The summed E-state index contributed by atoms with van der Waals surface area (Å²) >= 11 is 1.43. The van der Waals surface area contributed by atoms with Gasteiger partial charge in [0.1, 0.15) is 4.88 Å². The van der Waals surface area contributed by atoms with Gasteiger partial charge in [0.05, 0.1) is 12.8 Å². The quantitative estimate of drug-likeness (QED) is 0.715. The number of nitrogens with one attached hydrogen (secondary N) is 1. The van der Waals surface area contributed by atoms with E-state index < -0.39 is 0 Å². The lowest BCUT2D eigenvalue weighted by Crippen LogP contribution is -2.01. The minimum absolute atomic E-state index is 0.280. The topological polar surface area (TPSA) is 38.3 Å². The number of carbonyl (C=O) groups excluding carboxylic acids is 1. The van der Waals surface area contributed by atoms with Crippen LogP contribution in [0.1, 0.15) is 14.5 Å². The molecular weight excluding hydrogens is 174 g/mol. The molecule has 4 heteroatoms. The first-order valence-electron chi connectivity index (χ1n) is 3.55. The fraction of sp³-hybridized carbons (Fsp3) is 0.375. The zero-order valence-corrected chi connectivity index (χ0v) is 8.12. The number of carbonyl (C=O) groups is 1. The van der Waals surface area contributed by atoms with Crippen LogP contribution in [0.5, 0.6) is 0 Å². The first-order valence-corrected chi connectivity index (χ1v) is 4.37. The second kappa shape index (κ2) is 3.58. The van der Waals surface area contributed by atoms with Crippen molar-refractivity contribution in [2.45, 2.75) is 6.92 Å². The highest BCUT2D eigenvalue weighted by Crippen LogP contribution is 2.26. The molecule has 0 atom stereocenters. The molecule has 0 spiro atoms. The molecule has 66 valence electrons. The van der Waals surface area contributed by atoms with Crippen LogP contribution in [-0.4, -0.2) is 20.1 Å². The highest BCUT2D eigenvalue weighted by Gasteiger charge is 2.13. The number of hydrogen-bond donors (Lipinski definition) is 1. The molecule has 1 rings (SSSR count). The van der Waals surface area contributed by atoms with E-state index in [1.165, 1.54) is 18.4 Å². The highest BCUT2D eigenvalue weighted by atomic mass is 32.1. The SMILES string of the molecule is CNc1cc(C)sc1C(=O)OC. The maximum atomic E-state index is 11.2. The molecule has 0 bridgehead atoms. The van der Waals surface area contributed by atoms with Gasteiger partial charge in [0.15, 0.2) is 0 Å². The lowest BCUT2D eigenvalue weighted by molar-refractivity contribution is 0.0607. The number of thiophene rings is 1. The van der Waals surface area contributed by atoms with Crippen molar-refractivity contribution in [3.8, 4) is 0 Å². The van der Waals surface area contributed by atoms with E-state index in [0.29, 0.717) is 4.88 Å². The Balaban J connectivity index is 3.04. The van der Waals surface area contributed by atoms with Crippen LogP contribution in [0.2, 0.25) is 0 Å². The molecule has 0 unspecified atom stereocenters. The predicted octanol–water partition coefficient (Wildman–Crippen LogP) is 1.88. The minimum Gasteiger partial charge on any atom is -0.465 e. The van der Waals surface area contributed by atoms with E-state index in [1.54, 1.807) is 7.05 Å². The summed E-state index contributed by atoms with van der Waals surface area (Å²) in [7, 11) is 3.17. The normalized spacial score (nSPS) is 9.58. The molecule has 12 heavy (non-hydrogen) atoms. The molecule has 1 aromatic rings. The van der Waals surface area contributed by atoms with E-state index in [2.05, 4.69) is 10.1 Å². The molecule has 0 fully saturated rings. The third kappa shape index (κ3) is 1.58. The third-order valence-corrected chi connectivity index (χ3v) is 2.53. The van der Waals surface area contributed by atoms with Crippen molar-refractivity contribution < 1.29 is 9.53 Å². The van der Waals surface area contributed by atoms with Gasteiger partial charge < -0.3 is 10.1 Å². The maximum absolute atomic E-state index is 11.2. The third-order valence-electron chi connectivity index (χ3n) is 1.50. The Morgan fingerprint density at radius 1 is 1.67 bits per heavy atom. The Labute approximate surface area is 75.4 Å². The first kappa shape index (κ1) is 9.06. The van der Waals surface area contributed by atoms with E-state index in [1.807, 2.05) is 13.0 Å². The van der Waals surface area contributed by atoms with Crippen LogP contribution in [0, 0.1) is 6.92 Å². The zero-order valence-electron chi connectivity index (χ0n) is 7.30. The van der Waals surface area contributed by atoms with Gasteiger partial charge in [-0.1, -0.05) is 0 Å².